The molecule has 15 heavy (non-hydrogen) atoms. The van der Waals surface area contributed by atoms with E-state index in [4.69, 9.17) is 0 Å². The van der Waals surface area contributed by atoms with Gasteiger partial charge in [0.05, 0.1) is 0 Å². The summed E-state index contributed by atoms with van der Waals surface area (Å²) in [5.41, 5.74) is 0. The fourth-order valence-electron chi connectivity index (χ4n) is 2.27. The lowest BCUT2D eigenvalue weighted by molar-refractivity contribution is -0.121. The van der Waals surface area contributed by atoms with Crippen molar-refractivity contribution in [2.75, 3.05) is 20.1 Å². The highest BCUT2D eigenvalue weighted by molar-refractivity contribution is 5.75. The molecule has 0 radical (unpaired) electrons. The van der Waals surface area contributed by atoms with Gasteiger partial charge in [0, 0.05) is 19.5 Å². The Hall–Kier alpha value is -0.570. The van der Waals surface area contributed by atoms with E-state index in [9.17, 15) is 4.79 Å². The van der Waals surface area contributed by atoms with Gasteiger partial charge in [-0.15, -0.1) is 0 Å². The molecule has 0 saturated heterocycles. The Kier molecular flexibility index (Phi) is 6.41. The van der Waals surface area contributed by atoms with Crippen molar-refractivity contribution in [3.8, 4) is 0 Å². The van der Waals surface area contributed by atoms with Gasteiger partial charge in [0.15, 0.2) is 0 Å². The Labute approximate surface area is 93.0 Å². The number of amides is 1. The number of hydrogen-bond donors (Lipinski definition) is 2. The molecule has 3 nitrogen and oxygen atoms in total. The number of nitrogens with one attached hydrogen (secondary N) is 2. The van der Waals surface area contributed by atoms with Crippen molar-refractivity contribution in [2.45, 2.75) is 44.9 Å². The molecule has 1 fully saturated rings. The second kappa shape index (κ2) is 7.69. The molecule has 0 aromatic heterocycles. The molecule has 2 N–H and O–H groups in total. The lowest BCUT2D eigenvalue weighted by Gasteiger charge is -2.08. The van der Waals surface area contributed by atoms with Crippen LogP contribution >= 0.6 is 0 Å². The standard InChI is InChI=1S/C12H24N2O/c1-13-9-10-14-12(15)8-4-7-11-5-2-3-6-11/h11,13H,2-10H2,1H3,(H,14,15). The average Bonchev–Trinajstić information content (AvgIpc) is 2.71. The summed E-state index contributed by atoms with van der Waals surface area (Å²) in [6, 6.07) is 0. The molecule has 1 saturated carbocycles. The molecule has 0 aromatic carbocycles. The Bertz CT molecular complexity index is 176. The van der Waals surface area contributed by atoms with Crippen molar-refractivity contribution in [3.63, 3.8) is 0 Å². The van der Waals surface area contributed by atoms with Crippen molar-refractivity contribution in [3.05, 3.63) is 0 Å². The maximum atomic E-state index is 11.4. The van der Waals surface area contributed by atoms with Crippen LogP contribution in [0.1, 0.15) is 44.9 Å². The maximum absolute atomic E-state index is 11.4. The Morgan fingerprint density at radius 1 is 1.27 bits per heavy atom. The van der Waals surface area contributed by atoms with E-state index in [1.807, 2.05) is 7.05 Å². The van der Waals surface area contributed by atoms with Gasteiger partial charge in [-0.05, 0) is 25.8 Å². The van der Waals surface area contributed by atoms with Gasteiger partial charge < -0.3 is 10.6 Å². The summed E-state index contributed by atoms with van der Waals surface area (Å²) < 4.78 is 0. The van der Waals surface area contributed by atoms with Crippen molar-refractivity contribution >= 4 is 5.91 Å². The molecule has 0 aromatic rings. The third-order valence-electron chi connectivity index (χ3n) is 3.19. The first-order valence-corrected chi connectivity index (χ1v) is 6.24. The first kappa shape index (κ1) is 12.5. The summed E-state index contributed by atoms with van der Waals surface area (Å²) in [6.07, 6.45) is 8.61. The molecule has 0 aliphatic heterocycles. The first-order valence-electron chi connectivity index (χ1n) is 6.24. The van der Waals surface area contributed by atoms with Gasteiger partial charge in [0.25, 0.3) is 0 Å². The van der Waals surface area contributed by atoms with E-state index in [-0.39, 0.29) is 5.91 Å². The third kappa shape index (κ3) is 5.78. The molecule has 1 aliphatic rings. The van der Waals surface area contributed by atoms with E-state index in [1.165, 1.54) is 32.1 Å². The lowest BCUT2D eigenvalue weighted by atomic mass is 10.0. The van der Waals surface area contributed by atoms with E-state index in [1.54, 1.807) is 0 Å². The third-order valence-corrected chi connectivity index (χ3v) is 3.19. The largest absolute Gasteiger partial charge is 0.355 e. The quantitative estimate of drug-likeness (QED) is 0.630. The number of hydrogen-bond acceptors (Lipinski definition) is 2. The molecular formula is C12H24N2O. The van der Waals surface area contributed by atoms with Crippen molar-refractivity contribution in [2.24, 2.45) is 5.92 Å². The SMILES string of the molecule is CNCCNC(=O)CCCC1CCCC1. The molecule has 0 unspecified atom stereocenters. The fourth-order valence-corrected chi connectivity index (χ4v) is 2.27. The molecule has 1 rings (SSSR count). The van der Waals surface area contributed by atoms with Crippen LogP contribution < -0.4 is 10.6 Å². The molecule has 1 aliphatic carbocycles. The van der Waals surface area contributed by atoms with E-state index in [0.717, 1.165) is 25.4 Å². The highest BCUT2D eigenvalue weighted by Gasteiger charge is 2.14. The minimum Gasteiger partial charge on any atom is -0.355 e. The van der Waals surface area contributed by atoms with Gasteiger partial charge >= 0.3 is 0 Å². The predicted molar refractivity (Wildman–Crippen MR) is 62.7 cm³/mol. The highest BCUT2D eigenvalue weighted by atomic mass is 16.1. The normalized spacial score (nSPS) is 16.9. The van der Waals surface area contributed by atoms with Gasteiger partial charge in [0.1, 0.15) is 0 Å². The van der Waals surface area contributed by atoms with Crippen LogP contribution in [-0.2, 0) is 4.79 Å². The van der Waals surface area contributed by atoms with E-state index >= 15 is 0 Å². The Morgan fingerprint density at radius 2 is 2.00 bits per heavy atom. The summed E-state index contributed by atoms with van der Waals surface area (Å²) in [4.78, 5) is 11.4. The molecule has 1 amide bonds. The fraction of sp³-hybridized carbons (Fsp3) is 0.917. The van der Waals surface area contributed by atoms with Gasteiger partial charge in [-0.25, -0.2) is 0 Å². The molecule has 0 bridgehead atoms. The van der Waals surface area contributed by atoms with Crippen LogP contribution in [0.3, 0.4) is 0 Å². The summed E-state index contributed by atoms with van der Waals surface area (Å²) >= 11 is 0. The number of rotatable bonds is 7. The maximum Gasteiger partial charge on any atom is 0.220 e. The molecule has 0 heterocycles. The van der Waals surface area contributed by atoms with Gasteiger partial charge in [-0.2, -0.15) is 0 Å². The monoisotopic (exact) mass is 212 g/mol. The zero-order chi connectivity index (χ0) is 10.9. The van der Waals surface area contributed by atoms with Gasteiger partial charge in [-0.1, -0.05) is 25.7 Å². The summed E-state index contributed by atoms with van der Waals surface area (Å²) in [7, 11) is 1.90. The summed E-state index contributed by atoms with van der Waals surface area (Å²) in [6.45, 7) is 1.60. The van der Waals surface area contributed by atoms with Crippen LogP contribution in [0.15, 0.2) is 0 Å². The first-order chi connectivity index (χ1) is 7.33. The Balaban J connectivity index is 1.91. The van der Waals surface area contributed by atoms with Crippen molar-refractivity contribution < 1.29 is 4.79 Å². The summed E-state index contributed by atoms with van der Waals surface area (Å²) in [5.74, 6) is 1.12. The lowest BCUT2D eigenvalue weighted by Crippen LogP contribution is -2.30. The number of likely N-dealkylation sites (N-methyl/N-ethyl adjacent to an activating group) is 1. The second-order valence-corrected chi connectivity index (χ2v) is 4.50. The second-order valence-electron chi connectivity index (χ2n) is 4.50. The van der Waals surface area contributed by atoms with Crippen LogP contribution in [-0.4, -0.2) is 26.0 Å². The van der Waals surface area contributed by atoms with E-state index in [2.05, 4.69) is 10.6 Å². The van der Waals surface area contributed by atoms with Crippen molar-refractivity contribution in [1.82, 2.24) is 10.6 Å². The molecular weight excluding hydrogens is 188 g/mol. The van der Waals surface area contributed by atoms with E-state index < -0.39 is 0 Å². The molecule has 0 atom stereocenters. The van der Waals surface area contributed by atoms with E-state index in [0.29, 0.717) is 6.42 Å². The molecule has 88 valence electrons. The number of carbonyl (C=O) groups excluding carboxylic acids is 1. The zero-order valence-electron chi connectivity index (χ0n) is 9.85. The van der Waals surface area contributed by atoms with Crippen molar-refractivity contribution in [1.29, 1.82) is 0 Å². The zero-order valence-corrected chi connectivity index (χ0v) is 9.85. The molecule has 3 heteroatoms. The van der Waals surface area contributed by atoms with Crippen LogP contribution in [0.25, 0.3) is 0 Å². The van der Waals surface area contributed by atoms with Gasteiger partial charge in [-0.3, -0.25) is 4.79 Å². The van der Waals surface area contributed by atoms with Crippen LogP contribution in [0, 0.1) is 5.92 Å². The average molecular weight is 212 g/mol. The highest BCUT2D eigenvalue weighted by Crippen LogP contribution is 2.28. The topological polar surface area (TPSA) is 41.1 Å². The minimum atomic E-state index is 0.211. The predicted octanol–water partition coefficient (Wildman–Crippen LogP) is 1.68. The number of carbonyl (C=O) groups is 1. The van der Waals surface area contributed by atoms with Crippen LogP contribution in [0.2, 0.25) is 0 Å². The summed E-state index contributed by atoms with van der Waals surface area (Å²) in [5, 5.41) is 5.92. The smallest absolute Gasteiger partial charge is 0.220 e. The van der Waals surface area contributed by atoms with Crippen LogP contribution in [0.5, 0.6) is 0 Å². The molecule has 0 spiro atoms. The van der Waals surface area contributed by atoms with Crippen LogP contribution in [0.4, 0.5) is 0 Å². The Morgan fingerprint density at radius 3 is 2.67 bits per heavy atom. The van der Waals surface area contributed by atoms with Gasteiger partial charge in [0.2, 0.25) is 5.91 Å². The minimum absolute atomic E-state index is 0.211.